The van der Waals surface area contributed by atoms with E-state index in [0.717, 1.165) is 18.2 Å². The van der Waals surface area contributed by atoms with E-state index in [1.807, 2.05) is 0 Å². The second-order valence-electron chi connectivity index (χ2n) is 7.16. The molecule has 0 spiro atoms. The van der Waals surface area contributed by atoms with Crippen molar-refractivity contribution in [3.8, 4) is 5.69 Å². The first-order valence-corrected chi connectivity index (χ1v) is 9.26. The summed E-state index contributed by atoms with van der Waals surface area (Å²) in [5.74, 6) is -2.30. The van der Waals surface area contributed by atoms with Crippen LogP contribution in [0.1, 0.15) is 29.2 Å². The lowest BCUT2D eigenvalue weighted by atomic mass is 9.89. The van der Waals surface area contributed by atoms with Gasteiger partial charge in [-0.3, -0.25) is 9.59 Å². The first-order valence-electron chi connectivity index (χ1n) is 9.26. The van der Waals surface area contributed by atoms with E-state index in [-0.39, 0.29) is 23.6 Å². The van der Waals surface area contributed by atoms with Crippen molar-refractivity contribution in [2.45, 2.75) is 25.4 Å². The van der Waals surface area contributed by atoms with Crippen molar-refractivity contribution in [2.24, 2.45) is 0 Å². The summed E-state index contributed by atoms with van der Waals surface area (Å²) < 4.78 is 54.0. The number of nitrogens with zero attached hydrogens (tertiary/aromatic N) is 2. The fourth-order valence-electron chi connectivity index (χ4n) is 3.48. The number of rotatable bonds is 3. The number of hydrogen-bond donors (Lipinski definition) is 2. The van der Waals surface area contributed by atoms with Gasteiger partial charge in [0, 0.05) is 18.2 Å². The van der Waals surface area contributed by atoms with Crippen LogP contribution in [0.5, 0.6) is 0 Å². The zero-order chi connectivity index (χ0) is 22.3. The number of hydrogen-bond acceptors (Lipinski definition) is 3. The molecule has 31 heavy (non-hydrogen) atoms. The van der Waals surface area contributed by atoms with Crippen molar-refractivity contribution in [3.05, 3.63) is 71.2 Å². The molecule has 2 N–H and O–H groups in total. The maximum Gasteiger partial charge on any atom is 0.416 e. The third-order valence-corrected chi connectivity index (χ3v) is 4.87. The van der Waals surface area contributed by atoms with E-state index in [1.165, 1.54) is 35.0 Å². The van der Waals surface area contributed by atoms with Crippen molar-refractivity contribution in [1.82, 2.24) is 9.78 Å². The molecule has 2 heterocycles. The average Bonchev–Trinajstić information content (AvgIpc) is 3.06. The molecule has 0 aliphatic carbocycles. The van der Waals surface area contributed by atoms with E-state index in [1.54, 1.807) is 6.92 Å². The summed E-state index contributed by atoms with van der Waals surface area (Å²) >= 11 is 0. The minimum atomic E-state index is -4.53. The van der Waals surface area contributed by atoms with Gasteiger partial charge in [-0.05, 0) is 42.8 Å². The second kappa shape index (κ2) is 7.53. The molecule has 1 aromatic heterocycles. The first kappa shape index (κ1) is 20.6. The molecule has 1 atom stereocenters. The zero-order valence-corrected chi connectivity index (χ0v) is 16.1. The van der Waals surface area contributed by atoms with Crippen molar-refractivity contribution >= 4 is 23.3 Å². The Morgan fingerprint density at radius 2 is 1.97 bits per heavy atom. The number of aromatic nitrogens is 2. The third-order valence-electron chi connectivity index (χ3n) is 4.87. The molecule has 1 aliphatic rings. The van der Waals surface area contributed by atoms with Crippen LogP contribution in [0.25, 0.3) is 5.69 Å². The monoisotopic (exact) mass is 432 g/mol. The smallest absolute Gasteiger partial charge is 0.326 e. The Kier molecular flexibility index (Phi) is 5.00. The largest absolute Gasteiger partial charge is 0.416 e. The van der Waals surface area contributed by atoms with Crippen molar-refractivity contribution < 1.29 is 27.2 Å². The highest BCUT2D eigenvalue weighted by atomic mass is 19.4. The Morgan fingerprint density at radius 3 is 2.71 bits per heavy atom. The average molecular weight is 432 g/mol. The van der Waals surface area contributed by atoms with Crippen LogP contribution in [-0.2, 0) is 15.8 Å². The highest BCUT2D eigenvalue weighted by Gasteiger charge is 2.32. The van der Waals surface area contributed by atoms with Gasteiger partial charge in [-0.15, -0.1) is 0 Å². The van der Waals surface area contributed by atoms with Gasteiger partial charge in [0.15, 0.2) is 0 Å². The number of fused-ring (bicyclic) bond motifs is 1. The Balaban J connectivity index is 1.66. The number of aryl methyl sites for hydroxylation is 1. The van der Waals surface area contributed by atoms with Gasteiger partial charge in [0.05, 0.1) is 22.9 Å². The topological polar surface area (TPSA) is 76.0 Å². The fourth-order valence-corrected chi connectivity index (χ4v) is 3.48. The van der Waals surface area contributed by atoms with Crippen LogP contribution in [0.4, 0.5) is 29.1 Å². The number of carbonyl (C=O) groups excluding carboxylic acids is 2. The Bertz CT molecular complexity index is 1190. The fraction of sp³-hybridized carbons (Fsp3) is 0.190. The number of nitrogens with one attached hydrogen (secondary N) is 2. The summed E-state index contributed by atoms with van der Waals surface area (Å²) in [4.78, 5) is 25.0. The van der Waals surface area contributed by atoms with Gasteiger partial charge >= 0.3 is 6.18 Å². The van der Waals surface area contributed by atoms with E-state index >= 15 is 0 Å². The lowest BCUT2D eigenvalue weighted by Crippen LogP contribution is -2.31. The molecule has 0 fully saturated rings. The quantitative estimate of drug-likeness (QED) is 0.603. The molecule has 0 saturated heterocycles. The molecular formula is C21H16F4N4O2. The van der Waals surface area contributed by atoms with Gasteiger partial charge in [0.2, 0.25) is 11.8 Å². The SMILES string of the molecule is Cc1cc(NC(=O)C2CC(=O)Nc3cc(F)ccc32)n(-c2cccc(C(F)(F)F)c2)n1. The normalized spacial score (nSPS) is 15.9. The molecule has 6 nitrogen and oxygen atoms in total. The summed E-state index contributed by atoms with van der Waals surface area (Å²) in [6.07, 6.45) is -4.68. The molecule has 2 amide bonds. The van der Waals surface area contributed by atoms with Gasteiger partial charge in [-0.2, -0.15) is 18.3 Å². The second-order valence-corrected chi connectivity index (χ2v) is 7.16. The van der Waals surface area contributed by atoms with Crippen LogP contribution in [0, 0.1) is 12.7 Å². The summed E-state index contributed by atoms with van der Waals surface area (Å²) in [6.45, 7) is 1.63. The number of benzene rings is 2. The van der Waals surface area contributed by atoms with Crippen LogP contribution in [0.2, 0.25) is 0 Å². The maximum atomic E-state index is 13.5. The summed E-state index contributed by atoms with van der Waals surface area (Å²) in [7, 11) is 0. The van der Waals surface area contributed by atoms with E-state index in [0.29, 0.717) is 11.3 Å². The van der Waals surface area contributed by atoms with Crippen LogP contribution in [0.3, 0.4) is 0 Å². The Labute approximate surface area is 173 Å². The lowest BCUT2D eigenvalue weighted by Gasteiger charge is -2.25. The van der Waals surface area contributed by atoms with Gasteiger partial charge in [0.1, 0.15) is 11.6 Å². The number of halogens is 4. The zero-order valence-electron chi connectivity index (χ0n) is 16.1. The molecule has 0 saturated carbocycles. The molecule has 2 aromatic carbocycles. The molecule has 160 valence electrons. The van der Waals surface area contributed by atoms with Gasteiger partial charge in [0.25, 0.3) is 0 Å². The van der Waals surface area contributed by atoms with E-state index in [2.05, 4.69) is 15.7 Å². The highest BCUT2D eigenvalue weighted by Crippen LogP contribution is 2.34. The minimum absolute atomic E-state index is 0.113. The van der Waals surface area contributed by atoms with Gasteiger partial charge in [-0.1, -0.05) is 12.1 Å². The number of carbonyl (C=O) groups is 2. The molecule has 0 bridgehead atoms. The van der Waals surface area contributed by atoms with Crippen molar-refractivity contribution in [3.63, 3.8) is 0 Å². The van der Waals surface area contributed by atoms with E-state index in [9.17, 15) is 27.2 Å². The molecule has 0 radical (unpaired) electrons. The summed E-state index contributed by atoms with van der Waals surface area (Å²) in [6, 6.07) is 9.79. The van der Waals surface area contributed by atoms with E-state index in [4.69, 9.17) is 0 Å². The maximum absolute atomic E-state index is 13.5. The van der Waals surface area contributed by atoms with Crippen LogP contribution in [-0.4, -0.2) is 21.6 Å². The lowest BCUT2D eigenvalue weighted by molar-refractivity contribution is -0.137. The van der Waals surface area contributed by atoms with Gasteiger partial charge < -0.3 is 10.6 Å². The molecular weight excluding hydrogens is 416 g/mol. The van der Waals surface area contributed by atoms with E-state index < -0.39 is 35.3 Å². The summed E-state index contributed by atoms with van der Waals surface area (Å²) in [5.41, 5.74) is 0.383. The van der Waals surface area contributed by atoms with Crippen molar-refractivity contribution in [2.75, 3.05) is 10.6 Å². The molecule has 1 unspecified atom stereocenters. The Morgan fingerprint density at radius 1 is 1.19 bits per heavy atom. The van der Waals surface area contributed by atoms with Crippen LogP contribution < -0.4 is 10.6 Å². The standard InChI is InChI=1S/C21H16F4N4O2/c1-11-7-18(29(28-11)14-4-2-3-12(8-14)21(23,24)25)27-20(31)16-10-19(30)26-17-9-13(22)5-6-15(16)17/h2-9,16H,10H2,1H3,(H,26,30)(H,27,31). The summed E-state index contributed by atoms with van der Waals surface area (Å²) in [5, 5.41) is 9.35. The molecule has 1 aliphatic heterocycles. The van der Waals surface area contributed by atoms with Crippen LogP contribution >= 0.6 is 0 Å². The highest BCUT2D eigenvalue weighted by molar-refractivity contribution is 6.04. The van der Waals surface area contributed by atoms with Gasteiger partial charge in [-0.25, -0.2) is 9.07 Å². The number of alkyl halides is 3. The minimum Gasteiger partial charge on any atom is -0.326 e. The first-order chi connectivity index (χ1) is 14.6. The number of amides is 2. The van der Waals surface area contributed by atoms with Crippen molar-refractivity contribution in [1.29, 1.82) is 0 Å². The molecule has 10 heteroatoms. The third kappa shape index (κ3) is 4.14. The Hall–Kier alpha value is -3.69. The predicted molar refractivity (Wildman–Crippen MR) is 104 cm³/mol. The number of anilines is 2. The van der Waals surface area contributed by atoms with Crippen LogP contribution in [0.15, 0.2) is 48.5 Å². The molecule has 4 rings (SSSR count). The molecule has 3 aromatic rings. The predicted octanol–water partition coefficient (Wildman–Crippen LogP) is 4.40.